The normalized spacial score (nSPS) is 22.5. The Morgan fingerprint density at radius 2 is 1.92 bits per heavy atom. The highest BCUT2D eigenvalue weighted by molar-refractivity contribution is 6.23. The second kappa shape index (κ2) is 6.84. The molecule has 2 fully saturated rings. The van der Waals surface area contributed by atoms with Gasteiger partial charge in [0, 0.05) is 0 Å². The molecule has 0 saturated carbocycles. The number of likely N-dealkylation sites (tertiary alicyclic amines) is 1. The summed E-state index contributed by atoms with van der Waals surface area (Å²) in [7, 11) is 1.51. The largest absolute Gasteiger partial charge is 0.495 e. The summed E-state index contributed by atoms with van der Waals surface area (Å²) in [5.74, 6) is -1.18. The molecule has 0 aromatic heterocycles. The van der Waals surface area contributed by atoms with Crippen LogP contribution in [0.1, 0.15) is 24.8 Å². The summed E-state index contributed by atoms with van der Waals surface area (Å²) in [5, 5.41) is 9.10. The van der Waals surface area contributed by atoms with Gasteiger partial charge in [-0.25, -0.2) is 4.90 Å². The first kappa shape index (κ1) is 17.4. The molecule has 134 valence electrons. The molecule has 7 heteroatoms. The van der Waals surface area contributed by atoms with Crippen LogP contribution in [0, 0.1) is 12.8 Å². The summed E-state index contributed by atoms with van der Waals surface area (Å²) >= 11 is 0. The van der Waals surface area contributed by atoms with Crippen molar-refractivity contribution < 1.29 is 24.2 Å². The van der Waals surface area contributed by atoms with Crippen LogP contribution in [-0.2, 0) is 14.4 Å². The fourth-order valence-corrected chi connectivity index (χ4v) is 3.59. The van der Waals surface area contributed by atoms with Crippen molar-refractivity contribution in [2.24, 2.45) is 5.92 Å². The van der Waals surface area contributed by atoms with E-state index in [-0.39, 0.29) is 24.2 Å². The third-order valence-electron chi connectivity index (χ3n) is 5.02. The maximum Gasteiger partial charge on any atom is 0.306 e. The Kier molecular flexibility index (Phi) is 4.76. The van der Waals surface area contributed by atoms with Crippen molar-refractivity contribution in [3.63, 3.8) is 0 Å². The van der Waals surface area contributed by atoms with Gasteiger partial charge in [-0.1, -0.05) is 6.07 Å². The standard InChI is InChI=1S/C18H22N2O5/c1-11-3-4-15(25-2)13(9-11)20-16(21)10-14(17(20)22)19-7-5-12(6-8-19)18(23)24/h3-4,9,12,14H,5-8,10H2,1-2H3,(H,23,24). The van der Waals surface area contributed by atoms with Gasteiger partial charge in [0.15, 0.2) is 0 Å². The zero-order valence-electron chi connectivity index (χ0n) is 14.4. The molecule has 1 atom stereocenters. The zero-order chi connectivity index (χ0) is 18.1. The molecule has 2 saturated heterocycles. The summed E-state index contributed by atoms with van der Waals surface area (Å²) < 4.78 is 5.31. The summed E-state index contributed by atoms with van der Waals surface area (Å²) in [5.41, 5.74) is 1.41. The van der Waals surface area contributed by atoms with E-state index in [1.54, 1.807) is 12.1 Å². The van der Waals surface area contributed by atoms with Crippen molar-refractivity contribution in [3.05, 3.63) is 23.8 Å². The van der Waals surface area contributed by atoms with Gasteiger partial charge in [-0.2, -0.15) is 0 Å². The Morgan fingerprint density at radius 1 is 1.24 bits per heavy atom. The van der Waals surface area contributed by atoms with E-state index in [0.717, 1.165) is 5.56 Å². The van der Waals surface area contributed by atoms with E-state index in [1.165, 1.54) is 12.0 Å². The number of ether oxygens (including phenoxy) is 1. The van der Waals surface area contributed by atoms with Gasteiger partial charge in [-0.05, 0) is 50.6 Å². The lowest BCUT2D eigenvalue weighted by atomic mass is 9.96. The Hall–Kier alpha value is -2.41. The fourth-order valence-electron chi connectivity index (χ4n) is 3.59. The lowest BCUT2D eigenvalue weighted by Crippen LogP contribution is -2.46. The molecule has 7 nitrogen and oxygen atoms in total. The Bertz CT molecular complexity index is 709. The molecule has 0 aliphatic carbocycles. The van der Waals surface area contributed by atoms with Crippen molar-refractivity contribution in [2.45, 2.75) is 32.2 Å². The van der Waals surface area contributed by atoms with Crippen LogP contribution in [0.5, 0.6) is 5.75 Å². The van der Waals surface area contributed by atoms with Crippen molar-refractivity contribution in [2.75, 3.05) is 25.1 Å². The van der Waals surface area contributed by atoms with Crippen LogP contribution in [-0.4, -0.2) is 54.0 Å². The summed E-state index contributed by atoms with van der Waals surface area (Å²) in [6, 6.07) is 4.86. The van der Waals surface area contributed by atoms with E-state index >= 15 is 0 Å². The molecule has 0 bridgehead atoms. The molecule has 0 spiro atoms. The van der Waals surface area contributed by atoms with Gasteiger partial charge in [0.05, 0.1) is 31.2 Å². The number of amides is 2. The molecule has 3 rings (SSSR count). The average molecular weight is 346 g/mol. The predicted octanol–water partition coefficient (Wildman–Crippen LogP) is 1.43. The number of imide groups is 1. The van der Waals surface area contributed by atoms with Crippen molar-refractivity contribution in [1.82, 2.24) is 4.90 Å². The smallest absolute Gasteiger partial charge is 0.306 e. The number of carbonyl (C=O) groups is 3. The highest BCUT2D eigenvalue weighted by Crippen LogP contribution is 2.35. The van der Waals surface area contributed by atoms with Crippen LogP contribution < -0.4 is 9.64 Å². The second-order valence-corrected chi connectivity index (χ2v) is 6.61. The SMILES string of the molecule is COc1ccc(C)cc1N1C(=O)CC(N2CCC(C(=O)O)CC2)C1=O. The minimum absolute atomic E-state index is 0.119. The van der Waals surface area contributed by atoms with E-state index in [9.17, 15) is 14.4 Å². The quantitative estimate of drug-likeness (QED) is 0.830. The molecule has 1 aromatic rings. The highest BCUT2D eigenvalue weighted by Gasteiger charge is 2.44. The molecule has 1 N–H and O–H groups in total. The number of hydrogen-bond donors (Lipinski definition) is 1. The first-order valence-corrected chi connectivity index (χ1v) is 8.40. The van der Waals surface area contributed by atoms with Gasteiger partial charge in [0.2, 0.25) is 5.91 Å². The number of benzene rings is 1. The number of carboxylic acid groups (broad SMARTS) is 1. The molecule has 0 radical (unpaired) electrons. The Labute approximate surface area is 146 Å². The number of aryl methyl sites for hydroxylation is 1. The number of hydrogen-bond acceptors (Lipinski definition) is 5. The van der Waals surface area contributed by atoms with Crippen LogP contribution in [0.15, 0.2) is 18.2 Å². The monoisotopic (exact) mass is 346 g/mol. The fraction of sp³-hybridized carbons (Fsp3) is 0.500. The van der Waals surface area contributed by atoms with Gasteiger partial charge in [0.1, 0.15) is 5.75 Å². The van der Waals surface area contributed by atoms with Gasteiger partial charge in [-0.3, -0.25) is 19.3 Å². The minimum Gasteiger partial charge on any atom is -0.495 e. The zero-order valence-corrected chi connectivity index (χ0v) is 14.4. The molecule has 2 amide bonds. The molecule has 1 aromatic carbocycles. The van der Waals surface area contributed by atoms with Crippen LogP contribution in [0.25, 0.3) is 0 Å². The number of carboxylic acids is 1. The van der Waals surface area contributed by atoms with Crippen LogP contribution in [0.3, 0.4) is 0 Å². The lowest BCUT2D eigenvalue weighted by molar-refractivity contribution is -0.143. The van der Waals surface area contributed by atoms with Crippen LogP contribution in [0.4, 0.5) is 5.69 Å². The van der Waals surface area contributed by atoms with Gasteiger partial charge in [-0.15, -0.1) is 0 Å². The van der Waals surface area contributed by atoms with Crippen molar-refractivity contribution >= 4 is 23.5 Å². The summed E-state index contributed by atoms with van der Waals surface area (Å²) in [6.45, 7) is 2.92. The highest BCUT2D eigenvalue weighted by atomic mass is 16.5. The van der Waals surface area contributed by atoms with E-state index < -0.39 is 12.0 Å². The molecular formula is C18H22N2O5. The Balaban J connectivity index is 1.80. The predicted molar refractivity (Wildman–Crippen MR) is 90.6 cm³/mol. The maximum atomic E-state index is 12.9. The van der Waals surface area contributed by atoms with E-state index in [1.807, 2.05) is 17.9 Å². The van der Waals surface area contributed by atoms with Gasteiger partial charge < -0.3 is 9.84 Å². The van der Waals surface area contributed by atoms with Crippen LogP contribution >= 0.6 is 0 Å². The number of anilines is 1. The first-order chi connectivity index (χ1) is 11.9. The molecule has 25 heavy (non-hydrogen) atoms. The van der Waals surface area contributed by atoms with Gasteiger partial charge in [0.25, 0.3) is 5.91 Å². The molecular weight excluding hydrogens is 324 g/mol. The molecule has 2 heterocycles. The number of methoxy groups -OCH3 is 1. The minimum atomic E-state index is -0.792. The molecule has 2 aliphatic heterocycles. The van der Waals surface area contributed by atoms with Gasteiger partial charge >= 0.3 is 5.97 Å². The van der Waals surface area contributed by atoms with Crippen LogP contribution in [0.2, 0.25) is 0 Å². The summed E-state index contributed by atoms with van der Waals surface area (Å²) in [4.78, 5) is 39.6. The summed E-state index contributed by atoms with van der Waals surface area (Å²) in [6.07, 6.45) is 1.12. The number of rotatable bonds is 4. The van der Waals surface area contributed by atoms with Crippen molar-refractivity contribution in [3.8, 4) is 5.75 Å². The lowest BCUT2D eigenvalue weighted by Gasteiger charge is -2.33. The third-order valence-corrected chi connectivity index (χ3v) is 5.02. The number of carbonyl (C=O) groups excluding carboxylic acids is 2. The number of piperidine rings is 1. The molecule has 1 unspecified atom stereocenters. The first-order valence-electron chi connectivity index (χ1n) is 8.40. The van der Waals surface area contributed by atoms with Crippen molar-refractivity contribution in [1.29, 1.82) is 0 Å². The third kappa shape index (κ3) is 3.24. The second-order valence-electron chi connectivity index (χ2n) is 6.61. The average Bonchev–Trinajstić information content (AvgIpc) is 2.89. The molecule has 2 aliphatic rings. The number of aliphatic carboxylic acids is 1. The Morgan fingerprint density at radius 3 is 2.52 bits per heavy atom. The topological polar surface area (TPSA) is 87.2 Å². The number of nitrogens with zero attached hydrogens (tertiary/aromatic N) is 2. The maximum absolute atomic E-state index is 12.9. The van der Waals surface area contributed by atoms with E-state index in [0.29, 0.717) is 37.4 Å². The van der Waals surface area contributed by atoms with E-state index in [4.69, 9.17) is 9.84 Å². The van der Waals surface area contributed by atoms with E-state index in [2.05, 4.69) is 0 Å².